The second-order valence-electron chi connectivity index (χ2n) is 13.7. The Morgan fingerprint density at radius 2 is 1.12 bits per heavy atom. The molecule has 5 rings (SSSR count). The molecule has 1 heterocycles. The smallest absolute Gasteiger partial charge is 0.326 e. The van der Waals surface area contributed by atoms with Gasteiger partial charge in [0.15, 0.2) is 0 Å². The summed E-state index contributed by atoms with van der Waals surface area (Å²) in [7, 11) is 0. The largest absolute Gasteiger partial charge is 0.480 e. The molecule has 4 atom stereocenters. The Hall–Kier alpha value is -6.60. The predicted octanol–water partition coefficient (Wildman–Crippen LogP) is 5.08. The molecule has 4 aromatic carbocycles. The van der Waals surface area contributed by atoms with Crippen LogP contribution in [0.5, 0.6) is 0 Å². The minimum Gasteiger partial charge on any atom is -0.480 e. The molecule has 0 saturated carbocycles. The van der Waals surface area contributed by atoms with Crippen molar-refractivity contribution in [2.75, 3.05) is 5.32 Å². The average Bonchev–Trinajstić information content (AvgIpc) is 3.76. The Bertz CT molecular complexity index is 2110. The SMILES string of the molecule is CCC(=O)N[C@H](Cc1cccs1)C(=O)N[C@@H](Cc1ccc(-c2ccccc2)cc1)C(=O)N[C@H](CCc1ccccc1)C(=O)N[C@@H](Cc1ccc(NC=O)cc1)C(=O)O. The maximum Gasteiger partial charge on any atom is 0.326 e. The normalized spacial score (nSPS) is 12.8. The van der Waals surface area contributed by atoms with Crippen molar-refractivity contribution in [1.29, 1.82) is 0 Å². The highest BCUT2D eigenvalue weighted by atomic mass is 32.1. The van der Waals surface area contributed by atoms with Crippen molar-refractivity contribution >= 4 is 53.0 Å². The van der Waals surface area contributed by atoms with Gasteiger partial charge in [0.2, 0.25) is 30.0 Å². The number of thiophene rings is 1. The predicted molar refractivity (Wildman–Crippen MR) is 224 cm³/mol. The lowest BCUT2D eigenvalue weighted by molar-refractivity contribution is -0.142. The first-order valence-corrected chi connectivity index (χ1v) is 19.9. The van der Waals surface area contributed by atoms with Gasteiger partial charge in [-0.2, -0.15) is 0 Å². The number of anilines is 1. The van der Waals surface area contributed by atoms with Crippen molar-refractivity contribution in [3.63, 3.8) is 0 Å². The Balaban J connectivity index is 1.40. The monoisotopic (exact) mass is 801 g/mol. The molecule has 0 bridgehead atoms. The number of carboxylic acids is 1. The van der Waals surface area contributed by atoms with E-state index >= 15 is 0 Å². The summed E-state index contributed by atoms with van der Waals surface area (Å²) < 4.78 is 0. The molecule has 12 nitrogen and oxygen atoms in total. The van der Waals surface area contributed by atoms with E-state index in [0.717, 1.165) is 27.1 Å². The molecular formula is C45H47N5O7S. The van der Waals surface area contributed by atoms with E-state index in [9.17, 15) is 33.9 Å². The summed E-state index contributed by atoms with van der Waals surface area (Å²) >= 11 is 1.44. The van der Waals surface area contributed by atoms with Crippen LogP contribution in [0.4, 0.5) is 5.69 Å². The first-order chi connectivity index (χ1) is 28.1. The summed E-state index contributed by atoms with van der Waals surface area (Å²) in [5.41, 5.74) is 4.74. The first-order valence-electron chi connectivity index (χ1n) is 19.0. The number of rotatable bonds is 21. The summed E-state index contributed by atoms with van der Waals surface area (Å²) in [6, 6.07) is 32.3. The van der Waals surface area contributed by atoms with Crippen LogP contribution < -0.4 is 26.6 Å². The Labute approximate surface area is 341 Å². The lowest BCUT2D eigenvalue weighted by atomic mass is 9.99. The second-order valence-corrected chi connectivity index (χ2v) is 14.8. The van der Waals surface area contributed by atoms with E-state index in [0.29, 0.717) is 24.1 Å². The number of amides is 5. The van der Waals surface area contributed by atoms with Gasteiger partial charge in [-0.1, -0.05) is 110 Å². The zero-order valence-electron chi connectivity index (χ0n) is 32.1. The zero-order valence-corrected chi connectivity index (χ0v) is 32.9. The van der Waals surface area contributed by atoms with E-state index in [2.05, 4.69) is 26.6 Å². The number of nitrogens with one attached hydrogen (secondary N) is 5. The third-order valence-corrected chi connectivity index (χ3v) is 10.4. The van der Waals surface area contributed by atoms with Crippen LogP contribution in [0.1, 0.15) is 41.3 Å². The van der Waals surface area contributed by atoms with Crippen LogP contribution in [-0.2, 0) is 54.5 Å². The second kappa shape index (κ2) is 21.6. The summed E-state index contributed by atoms with van der Waals surface area (Å²) in [5, 5.41) is 25.6. The molecule has 58 heavy (non-hydrogen) atoms. The van der Waals surface area contributed by atoms with Crippen molar-refractivity contribution < 1.29 is 33.9 Å². The van der Waals surface area contributed by atoms with Gasteiger partial charge >= 0.3 is 5.97 Å². The molecule has 0 aliphatic heterocycles. The van der Waals surface area contributed by atoms with Gasteiger partial charge < -0.3 is 31.7 Å². The molecule has 0 fully saturated rings. The standard InChI is InChI=1S/C45H47N5O7S/c1-2-41(52)47-39(28-36-14-9-25-58-36)44(55)49-38(26-31-15-20-34(21-16-31)33-12-7-4-8-13-33)43(54)48-37(24-19-30-10-5-3-6-11-30)42(53)50-40(45(56)57)27-32-17-22-35(23-18-32)46-29-51/h3-18,20-23,25,29,37-40H,2,19,24,26-28H2,1H3,(H,46,51)(H,47,52)(H,48,54)(H,49,55)(H,50,53)(H,56,57)/t37-,38+,39-,40+/m1/s1. The van der Waals surface area contributed by atoms with Crippen molar-refractivity contribution in [3.8, 4) is 11.1 Å². The Kier molecular flexibility index (Phi) is 15.9. The Morgan fingerprint density at radius 3 is 1.71 bits per heavy atom. The number of hydrogen-bond acceptors (Lipinski definition) is 7. The van der Waals surface area contributed by atoms with Gasteiger partial charge in [-0.05, 0) is 64.2 Å². The molecule has 300 valence electrons. The third kappa shape index (κ3) is 13.0. The molecule has 0 spiro atoms. The van der Waals surface area contributed by atoms with E-state index < -0.39 is 47.9 Å². The summed E-state index contributed by atoms with van der Waals surface area (Å²) in [4.78, 5) is 79.0. The van der Waals surface area contributed by atoms with Crippen LogP contribution in [0.2, 0.25) is 0 Å². The molecule has 5 amide bonds. The number of aryl methyl sites for hydroxylation is 1. The van der Waals surface area contributed by atoms with Gasteiger partial charge in [0.05, 0.1) is 0 Å². The number of benzene rings is 4. The highest BCUT2D eigenvalue weighted by Crippen LogP contribution is 2.20. The topological polar surface area (TPSA) is 183 Å². The van der Waals surface area contributed by atoms with Gasteiger partial charge in [-0.15, -0.1) is 11.3 Å². The molecule has 6 N–H and O–H groups in total. The molecule has 1 aromatic heterocycles. The van der Waals surface area contributed by atoms with E-state index in [-0.39, 0.29) is 38.0 Å². The highest BCUT2D eigenvalue weighted by Gasteiger charge is 2.32. The zero-order chi connectivity index (χ0) is 41.3. The highest BCUT2D eigenvalue weighted by molar-refractivity contribution is 7.09. The van der Waals surface area contributed by atoms with Crippen molar-refractivity contribution in [1.82, 2.24) is 21.3 Å². The molecule has 0 unspecified atom stereocenters. The van der Waals surface area contributed by atoms with E-state index in [1.54, 1.807) is 31.2 Å². The number of carbonyl (C=O) groups is 6. The van der Waals surface area contributed by atoms with Gasteiger partial charge in [0, 0.05) is 36.2 Å². The molecule has 0 radical (unpaired) electrons. The summed E-state index contributed by atoms with van der Waals surface area (Å²) in [5.74, 6) is -3.53. The molecule has 0 aliphatic rings. The number of hydrogen-bond donors (Lipinski definition) is 6. The van der Waals surface area contributed by atoms with Crippen molar-refractivity contribution in [3.05, 3.63) is 148 Å². The van der Waals surface area contributed by atoms with Crippen LogP contribution in [0.25, 0.3) is 11.1 Å². The minimum absolute atomic E-state index is 0.0554. The van der Waals surface area contributed by atoms with Gasteiger partial charge in [-0.3, -0.25) is 24.0 Å². The number of aliphatic carboxylic acids is 1. The van der Waals surface area contributed by atoms with E-state index in [1.165, 1.54) is 11.3 Å². The number of carboxylic acid groups (broad SMARTS) is 1. The lowest BCUT2D eigenvalue weighted by Crippen LogP contribution is -2.58. The average molecular weight is 802 g/mol. The molecule has 5 aromatic rings. The fourth-order valence-electron chi connectivity index (χ4n) is 6.33. The van der Waals surface area contributed by atoms with Crippen LogP contribution >= 0.6 is 11.3 Å². The van der Waals surface area contributed by atoms with Crippen molar-refractivity contribution in [2.24, 2.45) is 0 Å². The fraction of sp³-hybridized carbons (Fsp3) is 0.244. The van der Waals surface area contributed by atoms with Gasteiger partial charge in [-0.25, -0.2) is 4.79 Å². The quantitative estimate of drug-likeness (QED) is 0.0560. The Morgan fingerprint density at radius 1 is 0.586 bits per heavy atom. The molecule has 0 aliphatic carbocycles. The van der Waals surface area contributed by atoms with Gasteiger partial charge in [0.25, 0.3) is 0 Å². The lowest BCUT2D eigenvalue weighted by Gasteiger charge is -2.26. The third-order valence-electron chi connectivity index (χ3n) is 9.52. The van der Waals surface area contributed by atoms with E-state index in [1.807, 2.05) is 102 Å². The van der Waals surface area contributed by atoms with Crippen molar-refractivity contribution in [2.45, 2.75) is 69.6 Å². The molecule has 0 saturated heterocycles. The number of carbonyl (C=O) groups excluding carboxylic acids is 5. The van der Waals surface area contributed by atoms with E-state index in [4.69, 9.17) is 0 Å². The molecule has 13 heteroatoms. The fourth-order valence-corrected chi connectivity index (χ4v) is 7.08. The summed E-state index contributed by atoms with van der Waals surface area (Å²) in [6.45, 7) is 1.68. The van der Waals surface area contributed by atoms with Crippen LogP contribution in [-0.4, -0.2) is 65.3 Å². The van der Waals surface area contributed by atoms with Crippen LogP contribution in [0.3, 0.4) is 0 Å². The maximum absolute atomic E-state index is 14.4. The van der Waals surface area contributed by atoms with Crippen LogP contribution in [0.15, 0.2) is 127 Å². The minimum atomic E-state index is -1.34. The molecular weight excluding hydrogens is 755 g/mol. The van der Waals surface area contributed by atoms with Gasteiger partial charge in [0.1, 0.15) is 24.2 Å². The maximum atomic E-state index is 14.4. The van der Waals surface area contributed by atoms with Crippen LogP contribution in [0, 0.1) is 0 Å². The summed E-state index contributed by atoms with van der Waals surface area (Å²) in [6.07, 6.45) is 1.40. The first kappa shape index (κ1) is 42.5.